The summed E-state index contributed by atoms with van der Waals surface area (Å²) in [6, 6.07) is 3.31. The van der Waals surface area contributed by atoms with Crippen LogP contribution in [0.15, 0.2) is 12.1 Å². The van der Waals surface area contributed by atoms with Crippen LogP contribution in [-0.2, 0) is 6.54 Å². The third kappa shape index (κ3) is 2.64. The first-order chi connectivity index (χ1) is 10.0. The Morgan fingerprint density at radius 1 is 1.24 bits per heavy atom. The molecular formula is C17H23NO3. The third-order valence-corrected chi connectivity index (χ3v) is 4.58. The van der Waals surface area contributed by atoms with Crippen LogP contribution in [0.25, 0.3) is 0 Å². The van der Waals surface area contributed by atoms with Gasteiger partial charge in [0, 0.05) is 6.54 Å². The van der Waals surface area contributed by atoms with Gasteiger partial charge < -0.3 is 14.7 Å². The van der Waals surface area contributed by atoms with Crippen molar-refractivity contribution >= 4 is 5.78 Å². The third-order valence-electron chi connectivity index (χ3n) is 4.58. The number of benzene rings is 1. The maximum atomic E-state index is 12.5. The number of phenols is 1. The highest BCUT2D eigenvalue weighted by molar-refractivity contribution is 6.01. The molecule has 0 aromatic heterocycles. The zero-order valence-corrected chi connectivity index (χ0v) is 12.8. The fourth-order valence-electron chi connectivity index (χ4n) is 3.54. The van der Waals surface area contributed by atoms with Crippen LogP contribution in [0.3, 0.4) is 0 Å². The van der Waals surface area contributed by atoms with Crippen LogP contribution >= 0.6 is 0 Å². The monoisotopic (exact) mass is 289 g/mol. The minimum absolute atomic E-state index is 0.151. The molecule has 0 radical (unpaired) electrons. The molecule has 1 heterocycles. The largest absolute Gasteiger partial charge is 0.507 e. The van der Waals surface area contributed by atoms with Crippen LogP contribution in [0.4, 0.5) is 0 Å². The normalized spacial score (nSPS) is 20.4. The minimum atomic E-state index is -0.336. The second-order valence-electron chi connectivity index (χ2n) is 6.62. The van der Waals surface area contributed by atoms with Gasteiger partial charge in [0.2, 0.25) is 0 Å². The number of hydrogen-bond donors (Lipinski definition) is 1. The van der Waals surface area contributed by atoms with Crippen molar-refractivity contribution < 1.29 is 14.6 Å². The fourth-order valence-corrected chi connectivity index (χ4v) is 3.54. The Labute approximate surface area is 125 Å². The molecule has 0 saturated heterocycles. The Hall–Kier alpha value is -1.55. The Kier molecular flexibility index (Phi) is 3.66. The van der Waals surface area contributed by atoms with Crippen LogP contribution in [0.5, 0.6) is 11.5 Å². The van der Waals surface area contributed by atoms with Gasteiger partial charge >= 0.3 is 0 Å². The van der Waals surface area contributed by atoms with E-state index in [2.05, 4.69) is 0 Å². The lowest BCUT2D eigenvalue weighted by Crippen LogP contribution is -2.44. The van der Waals surface area contributed by atoms with Gasteiger partial charge in [0.1, 0.15) is 17.1 Å². The molecule has 1 fully saturated rings. The molecule has 1 spiro atoms. The van der Waals surface area contributed by atoms with E-state index in [-0.39, 0.29) is 17.1 Å². The smallest absolute Gasteiger partial charge is 0.170 e. The first-order valence-corrected chi connectivity index (χ1v) is 7.73. The van der Waals surface area contributed by atoms with Crippen molar-refractivity contribution in [2.45, 2.75) is 50.7 Å². The number of hydrogen-bond acceptors (Lipinski definition) is 4. The highest BCUT2D eigenvalue weighted by Gasteiger charge is 2.42. The Bertz CT molecular complexity index is 559. The molecule has 1 aromatic carbocycles. The zero-order valence-electron chi connectivity index (χ0n) is 12.8. The van der Waals surface area contributed by atoms with Gasteiger partial charge in [-0.15, -0.1) is 0 Å². The lowest BCUT2D eigenvalue weighted by atomic mass is 9.78. The number of Topliss-reactive ketones (excluding diaryl/α,β-unsaturated/α-hetero) is 1. The van der Waals surface area contributed by atoms with Gasteiger partial charge in [-0.2, -0.15) is 0 Å². The van der Waals surface area contributed by atoms with Gasteiger partial charge in [-0.3, -0.25) is 4.79 Å². The summed E-state index contributed by atoms with van der Waals surface area (Å²) in [5, 5.41) is 10.2. The van der Waals surface area contributed by atoms with E-state index in [0.29, 0.717) is 24.3 Å². The predicted octanol–water partition coefficient (Wildman–Crippen LogP) is 3.12. The van der Waals surface area contributed by atoms with Gasteiger partial charge in [0.25, 0.3) is 0 Å². The van der Waals surface area contributed by atoms with Crippen molar-refractivity contribution in [3.8, 4) is 11.5 Å². The number of ketones is 1. The van der Waals surface area contributed by atoms with E-state index < -0.39 is 0 Å². The highest BCUT2D eigenvalue weighted by atomic mass is 16.5. The standard InChI is InChI=1S/C17H23NO3/c1-18(2)11-13-14(19)7-6-12-15(20)10-17(21-16(12)13)8-4-3-5-9-17/h6-7,19H,3-5,8-11H2,1-2H3. The second-order valence-corrected chi connectivity index (χ2v) is 6.62. The number of fused-ring (bicyclic) bond motifs is 1. The molecule has 21 heavy (non-hydrogen) atoms. The molecule has 1 saturated carbocycles. The molecule has 0 unspecified atom stereocenters. The zero-order chi connectivity index (χ0) is 15.0. The highest BCUT2D eigenvalue weighted by Crippen LogP contribution is 2.45. The molecule has 1 aliphatic heterocycles. The predicted molar refractivity (Wildman–Crippen MR) is 80.9 cm³/mol. The molecule has 1 aliphatic carbocycles. The van der Waals surface area contributed by atoms with E-state index >= 15 is 0 Å². The van der Waals surface area contributed by atoms with Crippen LogP contribution in [0.2, 0.25) is 0 Å². The molecule has 2 aliphatic rings. The summed E-state index contributed by atoms with van der Waals surface area (Å²) < 4.78 is 6.34. The van der Waals surface area contributed by atoms with E-state index in [1.54, 1.807) is 12.1 Å². The SMILES string of the molecule is CN(C)Cc1c(O)ccc2c1OC1(CCCCC1)CC2=O. The van der Waals surface area contributed by atoms with Gasteiger partial charge in [-0.05, 0) is 51.9 Å². The van der Waals surface area contributed by atoms with E-state index in [0.717, 1.165) is 31.2 Å². The van der Waals surface area contributed by atoms with E-state index in [4.69, 9.17) is 4.74 Å². The fraction of sp³-hybridized carbons (Fsp3) is 0.588. The topological polar surface area (TPSA) is 49.8 Å². The molecule has 1 N–H and O–H groups in total. The minimum Gasteiger partial charge on any atom is -0.507 e. The van der Waals surface area contributed by atoms with Crippen molar-refractivity contribution in [3.05, 3.63) is 23.3 Å². The number of nitrogens with zero attached hydrogens (tertiary/aromatic N) is 1. The summed E-state index contributed by atoms with van der Waals surface area (Å²) in [5.41, 5.74) is 1.02. The van der Waals surface area contributed by atoms with Crippen LogP contribution in [0.1, 0.15) is 54.4 Å². The number of carbonyl (C=O) groups excluding carboxylic acids is 1. The Balaban J connectivity index is 2.04. The van der Waals surface area contributed by atoms with Gasteiger partial charge in [0.05, 0.1) is 17.5 Å². The van der Waals surface area contributed by atoms with E-state index in [1.807, 2.05) is 19.0 Å². The first kappa shape index (κ1) is 14.4. The van der Waals surface area contributed by atoms with Crippen LogP contribution in [-0.4, -0.2) is 35.5 Å². The molecule has 4 nitrogen and oxygen atoms in total. The quantitative estimate of drug-likeness (QED) is 0.909. The summed E-state index contributed by atoms with van der Waals surface area (Å²) in [6.07, 6.45) is 5.81. The molecule has 0 atom stereocenters. The second kappa shape index (κ2) is 5.34. The summed E-state index contributed by atoms with van der Waals surface area (Å²) in [4.78, 5) is 14.5. The number of phenolic OH excluding ortho intramolecular Hbond substituents is 1. The molecule has 0 amide bonds. The molecular weight excluding hydrogens is 266 g/mol. The number of rotatable bonds is 2. The lowest BCUT2D eigenvalue weighted by Gasteiger charge is -2.41. The maximum Gasteiger partial charge on any atom is 0.170 e. The summed E-state index contributed by atoms with van der Waals surface area (Å²) >= 11 is 0. The van der Waals surface area contributed by atoms with Gasteiger partial charge in [0.15, 0.2) is 5.78 Å². The number of carbonyl (C=O) groups is 1. The molecule has 4 heteroatoms. The molecule has 114 valence electrons. The van der Waals surface area contributed by atoms with Crippen LogP contribution < -0.4 is 4.74 Å². The first-order valence-electron chi connectivity index (χ1n) is 7.73. The van der Waals surface area contributed by atoms with E-state index in [9.17, 15) is 9.90 Å². The summed E-state index contributed by atoms with van der Waals surface area (Å²) in [6.45, 7) is 0.568. The Morgan fingerprint density at radius 2 is 1.95 bits per heavy atom. The van der Waals surface area contributed by atoms with Crippen LogP contribution in [0, 0.1) is 0 Å². The van der Waals surface area contributed by atoms with Gasteiger partial charge in [-0.25, -0.2) is 0 Å². The van der Waals surface area contributed by atoms with E-state index in [1.165, 1.54) is 6.42 Å². The average molecular weight is 289 g/mol. The summed E-state index contributed by atoms with van der Waals surface area (Å²) in [7, 11) is 3.89. The lowest BCUT2D eigenvalue weighted by molar-refractivity contribution is 0.0122. The van der Waals surface area contributed by atoms with Crippen molar-refractivity contribution in [2.24, 2.45) is 0 Å². The number of aromatic hydroxyl groups is 1. The number of ether oxygens (including phenoxy) is 1. The van der Waals surface area contributed by atoms with Crippen molar-refractivity contribution in [3.63, 3.8) is 0 Å². The molecule has 1 aromatic rings. The van der Waals surface area contributed by atoms with Gasteiger partial charge in [-0.1, -0.05) is 6.42 Å². The average Bonchev–Trinajstić information content (AvgIpc) is 2.42. The molecule has 0 bridgehead atoms. The Morgan fingerprint density at radius 3 is 2.62 bits per heavy atom. The van der Waals surface area contributed by atoms with Crippen molar-refractivity contribution in [1.29, 1.82) is 0 Å². The maximum absolute atomic E-state index is 12.5. The van der Waals surface area contributed by atoms with Crippen molar-refractivity contribution in [2.75, 3.05) is 14.1 Å². The summed E-state index contributed by atoms with van der Waals surface area (Å²) in [5.74, 6) is 0.975. The molecule has 3 rings (SSSR count). The van der Waals surface area contributed by atoms with Crippen molar-refractivity contribution in [1.82, 2.24) is 4.90 Å².